The summed E-state index contributed by atoms with van der Waals surface area (Å²) in [4.78, 5) is 4.59. The van der Waals surface area contributed by atoms with Crippen molar-refractivity contribution >= 4 is 0 Å². The zero-order chi connectivity index (χ0) is 13.2. The van der Waals surface area contributed by atoms with Crippen LogP contribution in [0.3, 0.4) is 0 Å². The fourth-order valence-electron chi connectivity index (χ4n) is 2.48. The first-order valence-corrected chi connectivity index (χ1v) is 6.56. The van der Waals surface area contributed by atoms with Gasteiger partial charge in [0.2, 0.25) is 0 Å². The normalized spacial score (nSPS) is 18.7. The van der Waals surface area contributed by atoms with Gasteiger partial charge in [0, 0.05) is 12.5 Å². The second-order valence-electron chi connectivity index (χ2n) is 4.82. The highest BCUT2D eigenvalue weighted by Crippen LogP contribution is 2.24. The summed E-state index contributed by atoms with van der Waals surface area (Å²) in [5, 5.41) is 7.89. The molecule has 0 unspecified atom stereocenters. The highest BCUT2D eigenvalue weighted by Gasteiger charge is 2.23. The third kappa shape index (κ3) is 2.33. The van der Waals surface area contributed by atoms with Gasteiger partial charge < -0.3 is 10.1 Å². The van der Waals surface area contributed by atoms with Crippen LogP contribution in [0.25, 0.3) is 5.69 Å². The molecule has 0 bridgehead atoms. The molecular formula is C14H18N4O. The number of aromatic nitrogens is 3. The zero-order valence-electron chi connectivity index (χ0n) is 11.3. The van der Waals surface area contributed by atoms with E-state index in [9.17, 15) is 0 Å². The molecule has 1 aliphatic heterocycles. The summed E-state index contributed by atoms with van der Waals surface area (Å²) in [6, 6.07) is 7.92. The first-order chi connectivity index (χ1) is 9.28. The molecule has 1 aliphatic rings. The van der Waals surface area contributed by atoms with Crippen molar-refractivity contribution in [1.82, 2.24) is 20.1 Å². The van der Waals surface area contributed by atoms with Crippen LogP contribution in [0.2, 0.25) is 0 Å². The minimum atomic E-state index is 0.448. The molecular weight excluding hydrogens is 240 g/mol. The lowest BCUT2D eigenvalue weighted by Crippen LogP contribution is -2.12. The van der Waals surface area contributed by atoms with Gasteiger partial charge in [0.15, 0.2) is 0 Å². The first-order valence-electron chi connectivity index (χ1n) is 6.56. The molecule has 2 aromatic rings. The van der Waals surface area contributed by atoms with Crippen LogP contribution in [-0.2, 0) is 0 Å². The average Bonchev–Trinajstić information content (AvgIpc) is 3.07. The number of nitrogens with zero attached hydrogens (tertiary/aromatic N) is 3. The molecule has 0 aliphatic carbocycles. The van der Waals surface area contributed by atoms with Gasteiger partial charge in [-0.15, -0.1) is 0 Å². The predicted octanol–water partition coefficient (Wildman–Crippen LogP) is 1.66. The van der Waals surface area contributed by atoms with Crippen LogP contribution >= 0.6 is 0 Å². The summed E-state index contributed by atoms with van der Waals surface area (Å²) >= 11 is 0. The zero-order valence-corrected chi connectivity index (χ0v) is 11.3. The summed E-state index contributed by atoms with van der Waals surface area (Å²) in [5.41, 5.74) is 1.03. The van der Waals surface area contributed by atoms with Gasteiger partial charge in [-0.3, -0.25) is 0 Å². The lowest BCUT2D eigenvalue weighted by Gasteiger charge is -2.10. The van der Waals surface area contributed by atoms with E-state index in [4.69, 9.17) is 4.74 Å². The fraction of sp³-hybridized carbons (Fsp3) is 0.429. The fourth-order valence-corrected chi connectivity index (χ4v) is 2.48. The largest absolute Gasteiger partial charge is 0.497 e. The quantitative estimate of drug-likeness (QED) is 0.909. The van der Waals surface area contributed by atoms with Crippen molar-refractivity contribution in [2.24, 2.45) is 0 Å². The molecule has 1 N–H and O–H groups in total. The summed E-state index contributed by atoms with van der Waals surface area (Å²) < 4.78 is 7.14. The number of nitrogens with one attached hydrogen (secondary N) is 1. The predicted molar refractivity (Wildman–Crippen MR) is 72.9 cm³/mol. The molecule has 1 saturated heterocycles. The first kappa shape index (κ1) is 12.2. The van der Waals surface area contributed by atoms with Gasteiger partial charge in [0.1, 0.15) is 17.4 Å². The Morgan fingerprint density at radius 3 is 2.74 bits per heavy atom. The molecule has 100 valence electrons. The number of rotatable bonds is 3. The minimum Gasteiger partial charge on any atom is -0.497 e. The minimum absolute atomic E-state index is 0.448. The molecule has 1 aromatic heterocycles. The molecule has 19 heavy (non-hydrogen) atoms. The van der Waals surface area contributed by atoms with Crippen molar-refractivity contribution in [3.63, 3.8) is 0 Å². The van der Waals surface area contributed by atoms with Crippen molar-refractivity contribution in [2.75, 3.05) is 20.2 Å². The molecule has 0 radical (unpaired) electrons. The topological polar surface area (TPSA) is 52.0 Å². The number of ether oxygens (including phenoxy) is 1. The average molecular weight is 258 g/mol. The summed E-state index contributed by atoms with van der Waals surface area (Å²) in [6.45, 7) is 3.97. The van der Waals surface area contributed by atoms with Crippen LogP contribution in [0, 0.1) is 6.92 Å². The van der Waals surface area contributed by atoms with Crippen molar-refractivity contribution in [1.29, 1.82) is 0 Å². The van der Waals surface area contributed by atoms with Crippen molar-refractivity contribution in [2.45, 2.75) is 19.3 Å². The molecule has 1 atom stereocenters. The lowest BCUT2D eigenvalue weighted by atomic mass is 10.1. The standard InChI is InChI=1S/C14H18N4O/c1-10-16-14(11-7-8-15-9-11)18(17-10)12-3-5-13(19-2)6-4-12/h3-6,11,15H,7-9H2,1-2H3/t11-/m1/s1. The summed E-state index contributed by atoms with van der Waals surface area (Å²) in [7, 11) is 1.67. The van der Waals surface area contributed by atoms with Gasteiger partial charge in [0.25, 0.3) is 0 Å². The molecule has 1 aromatic carbocycles. The van der Waals surface area contributed by atoms with Crippen molar-refractivity contribution in [3.05, 3.63) is 35.9 Å². The Balaban J connectivity index is 1.98. The Morgan fingerprint density at radius 2 is 2.11 bits per heavy atom. The Labute approximate surface area is 112 Å². The van der Waals surface area contributed by atoms with Crippen LogP contribution in [0.4, 0.5) is 0 Å². The van der Waals surface area contributed by atoms with Gasteiger partial charge in [-0.2, -0.15) is 5.10 Å². The second kappa shape index (κ2) is 5.01. The Morgan fingerprint density at radius 1 is 1.32 bits per heavy atom. The van der Waals surface area contributed by atoms with Crippen LogP contribution in [-0.4, -0.2) is 35.0 Å². The highest BCUT2D eigenvalue weighted by atomic mass is 16.5. The van der Waals surface area contributed by atoms with E-state index in [2.05, 4.69) is 15.4 Å². The summed E-state index contributed by atoms with van der Waals surface area (Å²) in [5.74, 6) is 3.17. The van der Waals surface area contributed by atoms with Crippen molar-refractivity contribution < 1.29 is 4.74 Å². The van der Waals surface area contributed by atoms with E-state index in [1.165, 1.54) is 0 Å². The monoisotopic (exact) mass is 258 g/mol. The third-order valence-corrected chi connectivity index (χ3v) is 3.48. The summed E-state index contributed by atoms with van der Waals surface area (Å²) in [6.07, 6.45) is 1.12. The van der Waals surface area contributed by atoms with Crippen LogP contribution in [0.15, 0.2) is 24.3 Å². The van der Waals surface area contributed by atoms with Crippen LogP contribution in [0.5, 0.6) is 5.75 Å². The molecule has 5 nitrogen and oxygen atoms in total. The Bertz CT molecular complexity index is 555. The van der Waals surface area contributed by atoms with Gasteiger partial charge in [-0.05, 0) is 44.2 Å². The maximum absolute atomic E-state index is 5.18. The third-order valence-electron chi connectivity index (χ3n) is 3.48. The second-order valence-corrected chi connectivity index (χ2v) is 4.82. The smallest absolute Gasteiger partial charge is 0.148 e. The van der Waals surface area contributed by atoms with E-state index >= 15 is 0 Å². The molecule has 1 fully saturated rings. The molecule has 0 amide bonds. The van der Waals surface area contributed by atoms with E-state index in [1.807, 2.05) is 35.9 Å². The van der Waals surface area contributed by atoms with E-state index in [0.29, 0.717) is 5.92 Å². The lowest BCUT2D eigenvalue weighted by molar-refractivity contribution is 0.414. The van der Waals surface area contributed by atoms with Gasteiger partial charge >= 0.3 is 0 Å². The van der Waals surface area contributed by atoms with E-state index in [-0.39, 0.29) is 0 Å². The molecule has 2 heterocycles. The van der Waals surface area contributed by atoms with E-state index < -0.39 is 0 Å². The highest BCUT2D eigenvalue weighted by molar-refractivity contribution is 5.37. The van der Waals surface area contributed by atoms with Gasteiger partial charge in [0.05, 0.1) is 12.8 Å². The molecule has 3 rings (SSSR count). The number of hydrogen-bond donors (Lipinski definition) is 1. The maximum Gasteiger partial charge on any atom is 0.148 e. The molecule has 5 heteroatoms. The van der Waals surface area contributed by atoms with Gasteiger partial charge in [-0.25, -0.2) is 9.67 Å². The van der Waals surface area contributed by atoms with Gasteiger partial charge in [-0.1, -0.05) is 0 Å². The SMILES string of the molecule is COc1ccc(-n2nc(C)nc2[C@@H]2CCNC2)cc1. The Hall–Kier alpha value is -1.88. The molecule has 0 saturated carbocycles. The van der Waals surface area contributed by atoms with Crippen molar-refractivity contribution in [3.8, 4) is 11.4 Å². The van der Waals surface area contributed by atoms with Crippen LogP contribution < -0.4 is 10.1 Å². The number of aryl methyl sites for hydroxylation is 1. The number of methoxy groups -OCH3 is 1. The van der Waals surface area contributed by atoms with E-state index in [1.54, 1.807) is 7.11 Å². The van der Waals surface area contributed by atoms with Crippen LogP contribution in [0.1, 0.15) is 24.0 Å². The van der Waals surface area contributed by atoms with E-state index in [0.717, 1.165) is 42.6 Å². The molecule has 0 spiro atoms. The number of hydrogen-bond acceptors (Lipinski definition) is 4. The number of benzene rings is 1. The Kier molecular flexibility index (Phi) is 3.21. The maximum atomic E-state index is 5.18.